The predicted molar refractivity (Wildman–Crippen MR) is 47.4 cm³/mol. The van der Waals surface area contributed by atoms with E-state index in [0.717, 1.165) is 5.75 Å². The normalized spacial score (nSPS) is 9.42. The first-order valence-electron chi connectivity index (χ1n) is 3.65. The van der Waals surface area contributed by atoms with E-state index in [2.05, 4.69) is 0 Å². The molecule has 0 atom stereocenters. The molecule has 0 saturated heterocycles. The second-order valence-corrected chi connectivity index (χ2v) is 2.69. The minimum Gasteiger partial charge on any atom is -0.493 e. The summed E-state index contributed by atoms with van der Waals surface area (Å²) in [6.07, 6.45) is 0.246. The summed E-state index contributed by atoms with van der Waals surface area (Å²) in [5, 5.41) is -0.370. The van der Waals surface area contributed by atoms with Crippen molar-refractivity contribution in [3.8, 4) is 5.75 Å². The second kappa shape index (κ2) is 4.78. The van der Waals surface area contributed by atoms with Crippen LogP contribution < -0.4 is 4.74 Å². The van der Waals surface area contributed by atoms with Crippen LogP contribution in [0.5, 0.6) is 5.75 Å². The molecular formula is C9H9ClO2. The first kappa shape index (κ1) is 9.07. The molecule has 0 saturated carbocycles. The fourth-order valence-electron chi connectivity index (χ4n) is 0.766. The first-order valence-corrected chi connectivity index (χ1v) is 4.03. The zero-order valence-corrected chi connectivity index (χ0v) is 7.25. The van der Waals surface area contributed by atoms with Gasteiger partial charge in [0.2, 0.25) is 5.24 Å². The van der Waals surface area contributed by atoms with Crippen LogP contribution >= 0.6 is 11.6 Å². The Kier molecular flexibility index (Phi) is 3.61. The third-order valence-corrected chi connectivity index (χ3v) is 1.50. The highest BCUT2D eigenvalue weighted by Crippen LogP contribution is 2.08. The van der Waals surface area contributed by atoms with Gasteiger partial charge in [0.1, 0.15) is 5.75 Å². The van der Waals surface area contributed by atoms with Gasteiger partial charge in [-0.15, -0.1) is 0 Å². The molecule has 0 aliphatic carbocycles. The van der Waals surface area contributed by atoms with Gasteiger partial charge in [0.05, 0.1) is 13.0 Å². The Hall–Kier alpha value is -1.02. The van der Waals surface area contributed by atoms with Crippen molar-refractivity contribution in [2.75, 3.05) is 6.61 Å². The van der Waals surface area contributed by atoms with E-state index in [1.54, 1.807) is 0 Å². The molecule has 12 heavy (non-hydrogen) atoms. The molecule has 0 aliphatic rings. The molecule has 0 spiro atoms. The standard InChI is InChI=1S/C9H9ClO2/c10-9(11)6-7-12-8-4-2-1-3-5-8/h1-5H,6-7H2. The van der Waals surface area contributed by atoms with Gasteiger partial charge < -0.3 is 4.74 Å². The van der Waals surface area contributed by atoms with Crippen LogP contribution in [0.1, 0.15) is 6.42 Å². The Labute approximate surface area is 76.1 Å². The monoisotopic (exact) mass is 184 g/mol. The molecule has 2 nitrogen and oxygen atoms in total. The van der Waals surface area contributed by atoms with Crippen molar-refractivity contribution in [3.05, 3.63) is 30.3 Å². The molecular weight excluding hydrogens is 176 g/mol. The maximum absolute atomic E-state index is 10.3. The molecule has 0 N–H and O–H groups in total. The first-order chi connectivity index (χ1) is 5.79. The maximum Gasteiger partial charge on any atom is 0.225 e. The third kappa shape index (κ3) is 3.39. The SMILES string of the molecule is O=C(Cl)CCOc1ccccc1. The van der Waals surface area contributed by atoms with E-state index in [9.17, 15) is 4.79 Å². The molecule has 64 valence electrons. The summed E-state index contributed by atoms with van der Waals surface area (Å²) in [6, 6.07) is 9.31. The number of benzene rings is 1. The lowest BCUT2D eigenvalue weighted by molar-refractivity contribution is -0.112. The van der Waals surface area contributed by atoms with Crippen molar-refractivity contribution >= 4 is 16.8 Å². The Morgan fingerprint density at radius 3 is 2.58 bits per heavy atom. The van der Waals surface area contributed by atoms with Crippen LogP contribution in [0.3, 0.4) is 0 Å². The number of hydrogen-bond acceptors (Lipinski definition) is 2. The number of halogens is 1. The molecule has 0 unspecified atom stereocenters. The fourth-order valence-corrected chi connectivity index (χ4v) is 0.843. The molecule has 0 aromatic heterocycles. The molecule has 0 heterocycles. The van der Waals surface area contributed by atoms with Crippen LogP contribution in [0, 0.1) is 0 Å². The van der Waals surface area contributed by atoms with Crippen LogP contribution in [-0.4, -0.2) is 11.8 Å². The topological polar surface area (TPSA) is 26.3 Å². The summed E-state index contributed by atoms with van der Waals surface area (Å²) in [7, 11) is 0. The Morgan fingerprint density at radius 1 is 1.33 bits per heavy atom. The van der Waals surface area contributed by atoms with E-state index < -0.39 is 0 Å². The van der Waals surface area contributed by atoms with Gasteiger partial charge in [-0.3, -0.25) is 4.79 Å². The minimum absolute atomic E-state index is 0.246. The van der Waals surface area contributed by atoms with Crippen molar-refractivity contribution in [1.29, 1.82) is 0 Å². The second-order valence-electron chi connectivity index (χ2n) is 2.27. The van der Waals surface area contributed by atoms with Gasteiger partial charge >= 0.3 is 0 Å². The summed E-state index contributed by atoms with van der Waals surface area (Å²) < 4.78 is 5.21. The highest BCUT2D eigenvalue weighted by Gasteiger charge is 1.96. The van der Waals surface area contributed by atoms with Crippen LogP contribution in [0.25, 0.3) is 0 Å². The van der Waals surface area contributed by atoms with Crippen molar-refractivity contribution in [2.45, 2.75) is 6.42 Å². The Bertz CT molecular complexity index is 246. The minimum atomic E-state index is -0.370. The average Bonchev–Trinajstić information content (AvgIpc) is 2.05. The van der Waals surface area contributed by atoms with E-state index in [0.29, 0.717) is 6.61 Å². The molecule has 0 amide bonds. The molecule has 0 radical (unpaired) electrons. The summed E-state index contributed by atoms with van der Waals surface area (Å²) in [5.41, 5.74) is 0. The molecule has 1 aromatic carbocycles. The van der Waals surface area contributed by atoms with Crippen LogP contribution in [-0.2, 0) is 4.79 Å². The Morgan fingerprint density at radius 2 is 2.00 bits per heavy atom. The predicted octanol–water partition coefficient (Wildman–Crippen LogP) is 2.22. The Balaban J connectivity index is 2.29. The number of para-hydroxylation sites is 1. The van der Waals surface area contributed by atoms with Gasteiger partial charge in [0, 0.05) is 0 Å². The van der Waals surface area contributed by atoms with Gasteiger partial charge in [-0.1, -0.05) is 18.2 Å². The van der Waals surface area contributed by atoms with Crippen LogP contribution in [0.4, 0.5) is 0 Å². The van der Waals surface area contributed by atoms with Gasteiger partial charge in [0.15, 0.2) is 0 Å². The van der Waals surface area contributed by atoms with Gasteiger partial charge in [-0.05, 0) is 23.7 Å². The van der Waals surface area contributed by atoms with Gasteiger partial charge in [-0.25, -0.2) is 0 Å². The number of hydrogen-bond donors (Lipinski definition) is 0. The zero-order valence-electron chi connectivity index (χ0n) is 6.50. The number of ether oxygens (including phenoxy) is 1. The zero-order chi connectivity index (χ0) is 8.81. The van der Waals surface area contributed by atoms with Crippen LogP contribution in [0.15, 0.2) is 30.3 Å². The quantitative estimate of drug-likeness (QED) is 0.671. The third-order valence-electron chi connectivity index (χ3n) is 1.31. The fraction of sp³-hybridized carbons (Fsp3) is 0.222. The van der Waals surface area contributed by atoms with Gasteiger partial charge in [0.25, 0.3) is 0 Å². The van der Waals surface area contributed by atoms with Gasteiger partial charge in [-0.2, -0.15) is 0 Å². The smallest absolute Gasteiger partial charge is 0.225 e. The number of rotatable bonds is 4. The molecule has 0 aliphatic heterocycles. The van der Waals surface area contributed by atoms with Crippen molar-refractivity contribution < 1.29 is 9.53 Å². The summed E-state index contributed by atoms with van der Waals surface area (Å²) >= 11 is 5.13. The van der Waals surface area contributed by atoms with E-state index in [4.69, 9.17) is 16.3 Å². The number of carbonyl (C=O) groups excluding carboxylic acids is 1. The molecule has 1 aromatic rings. The molecule has 0 fully saturated rings. The number of carbonyl (C=O) groups is 1. The highest BCUT2D eigenvalue weighted by atomic mass is 35.5. The van der Waals surface area contributed by atoms with E-state index in [-0.39, 0.29) is 11.7 Å². The van der Waals surface area contributed by atoms with Crippen molar-refractivity contribution in [2.24, 2.45) is 0 Å². The molecule has 3 heteroatoms. The van der Waals surface area contributed by atoms with E-state index in [1.165, 1.54) is 0 Å². The average molecular weight is 185 g/mol. The van der Waals surface area contributed by atoms with E-state index in [1.807, 2.05) is 30.3 Å². The van der Waals surface area contributed by atoms with E-state index >= 15 is 0 Å². The maximum atomic E-state index is 10.3. The molecule has 0 bridgehead atoms. The lowest BCUT2D eigenvalue weighted by Gasteiger charge is -2.02. The molecule has 1 rings (SSSR count). The lowest BCUT2D eigenvalue weighted by atomic mass is 10.3. The largest absolute Gasteiger partial charge is 0.493 e. The lowest BCUT2D eigenvalue weighted by Crippen LogP contribution is -2.00. The highest BCUT2D eigenvalue weighted by molar-refractivity contribution is 6.63. The van der Waals surface area contributed by atoms with Crippen molar-refractivity contribution in [3.63, 3.8) is 0 Å². The van der Waals surface area contributed by atoms with Crippen molar-refractivity contribution in [1.82, 2.24) is 0 Å². The summed E-state index contributed by atoms with van der Waals surface area (Å²) in [6.45, 7) is 0.340. The summed E-state index contributed by atoms with van der Waals surface area (Å²) in [4.78, 5) is 10.3. The summed E-state index contributed by atoms with van der Waals surface area (Å²) in [5.74, 6) is 0.760. The van der Waals surface area contributed by atoms with Crippen LogP contribution in [0.2, 0.25) is 0 Å².